The minimum Gasteiger partial charge on any atom is -0.493 e. The number of nitrogens with one attached hydrogen (secondary N) is 1. The first kappa shape index (κ1) is 18.0. The molecular formula is C20H25NO3. The Labute approximate surface area is 143 Å². The highest BCUT2D eigenvalue weighted by atomic mass is 16.5. The third-order valence-electron chi connectivity index (χ3n) is 3.75. The Balaban J connectivity index is 1.72. The number of aliphatic carboxylic acids is 1. The van der Waals surface area contributed by atoms with Crippen molar-refractivity contribution in [1.29, 1.82) is 0 Å². The maximum Gasteiger partial charge on any atom is 0.304 e. The summed E-state index contributed by atoms with van der Waals surface area (Å²) in [5.74, 6) is 0.109. The molecule has 0 fully saturated rings. The van der Waals surface area contributed by atoms with Crippen LogP contribution in [0, 0.1) is 6.92 Å². The molecule has 0 saturated heterocycles. The predicted molar refractivity (Wildman–Crippen MR) is 95.6 cm³/mol. The van der Waals surface area contributed by atoms with Crippen LogP contribution < -0.4 is 10.1 Å². The molecule has 2 aromatic carbocycles. The number of ether oxygens (including phenoxy) is 1. The molecule has 0 radical (unpaired) electrons. The van der Waals surface area contributed by atoms with Gasteiger partial charge in [-0.25, -0.2) is 0 Å². The van der Waals surface area contributed by atoms with Crippen LogP contribution in [0.1, 0.15) is 23.1 Å². The zero-order valence-electron chi connectivity index (χ0n) is 14.1. The van der Waals surface area contributed by atoms with Crippen molar-refractivity contribution in [3.05, 3.63) is 65.2 Å². The van der Waals surface area contributed by atoms with Crippen LogP contribution in [0.3, 0.4) is 0 Å². The molecule has 0 aromatic heterocycles. The molecular weight excluding hydrogens is 302 g/mol. The van der Waals surface area contributed by atoms with E-state index in [-0.39, 0.29) is 6.42 Å². The van der Waals surface area contributed by atoms with Gasteiger partial charge < -0.3 is 15.2 Å². The van der Waals surface area contributed by atoms with E-state index in [0.29, 0.717) is 13.2 Å². The number of carboxylic acid groups (broad SMARTS) is 1. The first-order valence-electron chi connectivity index (χ1n) is 8.33. The fourth-order valence-electron chi connectivity index (χ4n) is 2.50. The highest BCUT2D eigenvalue weighted by Crippen LogP contribution is 2.14. The van der Waals surface area contributed by atoms with E-state index in [1.54, 1.807) is 0 Å². The van der Waals surface area contributed by atoms with Crippen molar-refractivity contribution in [3.63, 3.8) is 0 Å². The van der Waals surface area contributed by atoms with Gasteiger partial charge in [0, 0.05) is 13.0 Å². The van der Waals surface area contributed by atoms with Gasteiger partial charge in [-0.1, -0.05) is 42.0 Å². The summed E-state index contributed by atoms with van der Waals surface area (Å²) in [6, 6.07) is 16.5. The van der Waals surface area contributed by atoms with Crippen molar-refractivity contribution >= 4 is 5.97 Å². The largest absolute Gasteiger partial charge is 0.493 e. The fourth-order valence-corrected chi connectivity index (χ4v) is 2.50. The van der Waals surface area contributed by atoms with Crippen molar-refractivity contribution < 1.29 is 14.6 Å². The smallest absolute Gasteiger partial charge is 0.304 e. The lowest BCUT2D eigenvalue weighted by Crippen LogP contribution is -2.20. The monoisotopic (exact) mass is 327 g/mol. The number of benzene rings is 2. The van der Waals surface area contributed by atoms with Crippen LogP contribution in [-0.2, 0) is 17.6 Å². The molecule has 0 bridgehead atoms. The van der Waals surface area contributed by atoms with E-state index in [1.165, 1.54) is 16.7 Å². The Bertz CT molecular complexity index is 655. The van der Waals surface area contributed by atoms with E-state index in [1.807, 2.05) is 12.1 Å². The summed E-state index contributed by atoms with van der Waals surface area (Å²) in [4.78, 5) is 10.4. The number of carbonyl (C=O) groups is 1. The normalized spacial score (nSPS) is 10.5. The Morgan fingerprint density at radius 3 is 2.54 bits per heavy atom. The van der Waals surface area contributed by atoms with E-state index in [9.17, 15) is 4.79 Å². The zero-order valence-corrected chi connectivity index (χ0v) is 14.1. The van der Waals surface area contributed by atoms with Gasteiger partial charge in [0.1, 0.15) is 5.75 Å². The molecule has 24 heavy (non-hydrogen) atoms. The van der Waals surface area contributed by atoms with Crippen LogP contribution >= 0.6 is 0 Å². The van der Waals surface area contributed by atoms with Gasteiger partial charge in [0.2, 0.25) is 0 Å². The highest BCUT2D eigenvalue weighted by molar-refractivity contribution is 5.66. The predicted octanol–water partition coefficient (Wildman–Crippen LogP) is 3.22. The Kier molecular flexibility index (Phi) is 7.30. The molecule has 4 nitrogen and oxygen atoms in total. The molecule has 2 rings (SSSR count). The third kappa shape index (κ3) is 6.84. The zero-order chi connectivity index (χ0) is 17.2. The summed E-state index contributed by atoms with van der Waals surface area (Å²) in [6.45, 7) is 4.02. The van der Waals surface area contributed by atoms with E-state index in [2.05, 4.69) is 48.6 Å². The van der Waals surface area contributed by atoms with Gasteiger partial charge in [0.05, 0.1) is 13.0 Å². The summed E-state index contributed by atoms with van der Waals surface area (Å²) in [5.41, 5.74) is 3.74. The van der Waals surface area contributed by atoms with Gasteiger partial charge in [0.25, 0.3) is 0 Å². The van der Waals surface area contributed by atoms with Gasteiger partial charge in [-0.3, -0.25) is 4.79 Å². The number of hydrogen-bond acceptors (Lipinski definition) is 3. The molecule has 0 saturated carbocycles. The van der Waals surface area contributed by atoms with E-state index in [4.69, 9.17) is 9.84 Å². The Morgan fingerprint density at radius 2 is 1.79 bits per heavy atom. The maximum atomic E-state index is 10.4. The van der Waals surface area contributed by atoms with Gasteiger partial charge in [0.15, 0.2) is 0 Å². The van der Waals surface area contributed by atoms with Gasteiger partial charge in [-0.05, 0) is 43.1 Å². The third-order valence-corrected chi connectivity index (χ3v) is 3.75. The van der Waals surface area contributed by atoms with E-state index < -0.39 is 5.97 Å². The van der Waals surface area contributed by atoms with Crippen LogP contribution in [0.2, 0.25) is 0 Å². The lowest BCUT2D eigenvalue weighted by molar-refractivity contribution is -0.136. The first-order valence-corrected chi connectivity index (χ1v) is 8.33. The molecule has 2 aromatic rings. The minimum atomic E-state index is -0.772. The van der Waals surface area contributed by atoms with Crippen molar-refractivity contribution in [2.75, 3.05) is 19.7 Å². The molecule has 0 unspecified atom stereocenters. The lowest BCUT2D eigenvalue weighted by atomic mass is 10.1. The number of aryl methyl sites for hydroxylation is 1. The standard InChI is InChI=1S/C20H25NO3/c1-16-4-2-5-18(14-16)10-13-24-19-7-3-6-17(15-19)8-11-21-12-9-20(22)23/h2-7,14-15,21H,8-13H2,1H3,(H,22,23). The van der Waals surface area contributed by atoms with E-state index >= 15 is 0 Å². The summed E-state index contributed by atoms with van der Waals surface area (Å²) < 4.78 is 5.85. The molecule has 0 aliphatic heterocycles. The molecule has 0 aliphatic carbocycles. The first-order chi connectivity index (χ1) is 11.6. The summed E-state index contributed by atoms with van der Waals surface area (Å²) >= 11 is 0. The Morgan fingerprint density at radius 1 is 1.04 bits per heavy atom. The molecule has 128 valence electrons. The highest BCUT2D eigenvalue weighted by Gasteiger charge is 2.00. The lowest BCUT2D eigenvalue weighted by Gasteiger charge is -2.09. The molecule has 0 heterocycles. The minimum absolute atomic E-state index is 0.155. The summed E-state index contributed by atoms with van der Waals surface area (Å²) in [7, 11) is 0. The van der Waals surface area contributed by atoms with Gasteiger partial charge >= 0.3 is 5.97 Å². The SMILES string of the molecule is Cc1cccc(CCOc2cccc(CCNCCC(=O)O)c2)c1. The molecule has 0 spiro atoms. The summed E-state index contributed by atoms with van der Waals surface area (Å²) in [5, 5.41) is 11.7. The number of hydrogen-bond donors (Lipinski definition) is 2. The number of rotatable bonds is 10. The van der Waals surface area contributed by atoms with Crippen molar-refractivity contribution in [2.24, 2.45) is 0 Å². The quantitative estimate of drug-likeness (QED) is 0.658. The van der Waals surface area contributed by atoms with Gasteiger partial charge in [-0.2, -0.15) is 0 Å². The molecule has 0 amide bonds. The average Bonchev–Trinajstić information content (AvgIpc) is 2.55. The van der Waals surface area contributed by atoms with E-state index in [0.717, 1.165) is 25.1 Å². The average molecular weight is 327 g/mol. The molecule has 0 atom stereocenters. The maximum absolute atomic E-state index is 10.4. The van der Waals surface area contributed by atoms with Gasteiger partial charge in [-0.15, -0.1) is 0 Å². The second kappa shape index (κ2) is 9.73. The van der Waals surface area contributed by atoms with Crippen LogP contribution in [0.15, 0.2) is 48.5 Å². The topological polar surface area (TPSA) is 58.6 Å². The molecule has 4 heteroatoms. The van der Waals surface area contributed by atoms with Crippen molar-refractivity contribution in [3.8, 4) is 5.75 Å². The van der Waals surface area contributed by atoms with Crippen LogP contribution in [0.5, 0.6) is 5.75 Å². The number of carboxylic acids is 1. The van der Waals surface area contributed by atoms with Crippen LogP contribution in [-0.4, -0.2) is 30.8 Å². The second-order valence-corrected chi connectivity index (χ2v) is 5.88. The van der Waals surface area contributed by atoms with Crippen molar-refractivity contribution in [2.45, 2.75) is 26.2 Å². The van der Waals surface area contributed by atoms with Crippen molar-refractivity contribution in [1.82, 2.24) is 5.32 Å². The summed E-state index contributed by atoms with van der Waals surface area (Å²) in [6.07, 6.45) is 1.90. The molecule has 2 N–H and O–H groups in total. The molecule has 0 aliphatic rings. The van der Waals surface area contributed by atoms with Crippen LogP contribution in [0.4, 0.5) is 0 Å². The fraction of sp³-hybridized carbons (Fsp3) is 0.350. The van der Waals surface area contributed by atoms with Crippen LogP contribution in [0.25, 0.3) is 0 Å². The Hall–Kier alpha value is -2.33. The second-order valence-electron chi connectivity index (χ2n) is 5.88.